The van der Waals surface area contributed by atoms with Gasteiger partial charge in [0.05, 0.1) is 5.56 Å². The second kappa shape index (κ2) is 10.1. The molecule has 2 rings (SSSR count). The topological polar surface area (TPSA) is 97.2 Å². The van der Waals surface area contributed by atoms with Crippen molar-refractivity contribution < 1.29 is 9.79 Å². The van der Waals surface area contributed by atoms with Crippen molar-refractivity contribution in [3.8, 4) is 0 Å². The molecule has 0 fully saturated rings. The number of benzene rings is 1. The van der Waals surface area contributed by atoms with E-state index in [9.17, 15) is 4.79 Å². The lowest BCUT2D eigenvalue weighted by Gasteiger charge is -2.10. The van der Waals surface area contributed by atoms with Gasteiger partial charge in [0.2, 0.25) is 0 Å². The highest BCUT2D eigenvalue weighted by Gasteiger charge is 2.09. The molecule has 5 nitrogen and oxygen atoms in total. The minimum Gasteiger partial charge on any atom is -0.347 e. The zero-order valence-corrected chi connectivity index (χ0v) is 15.2. The van der Waals surface area contributed by atoms with Crippen LogP contribution in [0.2, 0.25) is 0 Å². The number of hydrogen-bond donors (Lipinski definition) is 4. The van der Waals surface area contributed by atoms with Crippen LogP contribution in [0, 0.1) is 5.41 Å². The van der Waals surface area contributed by atoms with E-state index in [1.807, 2.05) is 18.2 Å². The number of aromatic amines is 1. The van der Waals surface area contributed by atoms with Gasteiger partial charge in [0.15, 0.2) is 8.38 Å². The van der Waals surface area contributed by atoms with Crippen LogP contribution < -0.4 is 10.9 Å². The summed E-state index contributed by atoms with van der Waals surface area (Å²) in [6, 6.07) is 9.21. The maximum absolute atomic E-state index is 11.3. The van der Waals surface area contributed by atoms with E-state index in [-0.39, 0.29) is 5.56 Å². The molecule has 1 aromatic carbocycles. The van der Waals surface area contributed by atoms with Crippen LogP contribution in [-0.4, -0.2) is 21.0 Å². The number of H-pyrrole nitrogens is 1. The zero-order valence-electron chi connectivity index (χ0n) is 14.3. The summed E-state index contributed by atoms with van der Waals surface area (Å²) < 4.78 is 0. The zero-order chi connectivity index (χ0) is 18.1. The summed E-state index contributed by atoms with van der Waals surface area (Å²) in [6.45, 7) is 6.19. The first-order valence-corrected chi connectivity index (χ1v) is 9.18. The highest BCUT2D eigenvalue weighted by atomic mass is 31.2. The van der Waals surface area contributed by atoms with E-state index in [4.69, 9.17) is 15.2 Å². The molecular formula is C18H25N2O3P. The Morgan fingerprint density at radius 3 is 2.29 bits per heavy atom. The highest BCUT2D eigenvalue weighted by molar-refractivity contribution is 7.54. The predicted molar refractivity (Wildman–Crippen MR) is 100 cm³/mol. The summed E-state index contributed by atoms with van der Waals surface area (Å²) in [6.07, 6.45) is 4.72. The van der Waals surface area contributed by atoms with Crippen molar-refractivity contribution in [3.05, 3.63) is 63.6 Å². The Morgan fingerprint density at radius 2 is 1.83 bits per heavy atom. The molecule has 6 heteroatoms. The molecule has 0 saturated carbocycles. The largest absolute Gasteiger partial charge is 0.347 e. The average molecular weight is 348 g/mol. The first-order chi connectivity index (χ1) is 11.4. The van der Waals surface area contributed by atoms with Crippen LogP contribution in [0.15, 0.2) is 41.3 Å². The Hall–Kier alpha value is -1.81. The normalized spacial score (nSPS) is 11.6. The van der Waals surface area contributed by atoms with Gasteiger partial charge >= 0.3 is 0 Å². The minimum atomic E-state index is -1.91. The molecule has 1 aromatic heterocycles. The fraction of sp³-hybridized carbons (Fsp3) is 0.333. The Balaban J connectivity index is 0.000000243. The molecule has 1 atom stereocenters. The fourth-order valence-electron chi connectivity index (χ4n) is 2.17. The molecule has 0 aliphatic heterocycles. The van der Waals surface area contributed by atoms with Gasteiger partial charge in [-0.15, -0.1) is 0 Å². The lowest BCUT2D eigenvalue weighted by atomic mass is 9.96. The van der Waals surface area contributed by atoms with Gasteiger partial charge in [0, 0.05) is 17.7 Å². The standard InChI is InChI=1S/C10H14N2O.C8H11O2P/c1-3-7(2)8-4-5-12-10(13)9(8)6-11;1-2-7-3-5-8(6-4-7)11(9)10/h4-7,11H,3H2,1-2H3,(H,12,13);3-6,9-10H,2H2,1H3. The Morgan fingerprint density at radius 1 is 1.21 bits per heavy atom. The van der Waals surface area contributed by atoms with Crippen LogP contribution in [0.5, 0.6) is 0 Å². The second-order valence-corrected chi connectivity index (χ2v) is 6.53. The van der Waals surface area contributed by atoms with Crippen molar-refractivity contribution in [2.75, 3.05) is 0 Å². The molecular weight excluding hydrogens is 323 g/mol. The third-order valence-corrected chi connectivity index (χ3v) is 4.66. The molecule has 0 aliphatic rings. The van der Waals surface area contributed by atoms with E-state index in [1.165, 1.54) is 5.56 Å². The number of aromatic nitrogens is 1. The molecule has 0 aliphatic carbocycles. The maximum Gasteiger partial charge on any atom is 0.257 e. The fourth-order valence-corrected chi connectivity index (χ4v) is 2.58. The van der Waals surface area contributed by atoms with Crippen LogP contribution in [0.4, 0.5) is 0 Å². The second-order valence-electron chi connectivity index (χ2n) is 5.44. The minimum absolute atomic E-state index is 0.173. The van der Waals surface area contributed by atoms with Gasteiger partial charge < -0.3 is 20.2 Å². The van der Waals surface area contributed by atoms with Crippen molar-refractivity contribution in [2.45, 2.75) is 39.5 Å². The molecule has 130 valence electrons. The van der Waals surface area contributed by atoms with Crippen LogP contribution in [0.3, 0.4) is 0 Å². The predicted octanol–water partition coefficient (Wildman–Crippen LogP) is 3.06. The first kappa shape index (κ1) is 20.2. The number of pyridine rings is 1. The van der Waals surface area contributed by atoms with E-state index in [0.717, 1.165) is 24.6 Å². The Labute approximate surface area is 143 Å². The molecule has 2 aromatic rings. The molecule has 1 heterocycles. The molecule has 0 spiro atoms. The van der Waals surface area contributed by atoms with E-state index in [1.54, 1.807) is 18.3 Å². The SMILES string of the molecule is CCC(C)c1cc[nH]c(=O)c1C=N.CCc1ccc(P(O)O)cc1. The van der Waals surface area contributed by atoms with Gasteiger partial charge in [0.1, 0.15) is 0 Å². The quantitative estimate of drug-likeness (QED) is 0.494. The van der Waals surface area contributed by atoms with Crippen LogP contribution >= 0.6 is 8.38 Å². The van der Waals surface area contributed by atoms with Gasteiger partial charge in [-0.25, -0.2) is 0 Å². The summed E-state index contributed by atoms with van der Waals surface area (Å²) in [5, 5.41) is 7.76. The smallest absolute Gasteiger partial charge is 0.257 e. The molecule has 0 radical (unpaired) electrons. The van der Waals surface area contributed by atoms with Crippen molar-refractivity contribution in [1.29, 1.82) is 5.41 Å². The molecule has 0 saturated heterocycles. The van der Waals surface area contributed by atoms with E-state index in [0.29, 0.717) is 16.8 Å². The van der Waals surface area contributed by atoms with Gasteiger partial charge in [0.25, 0.3) is 5.56 Å². The number of hydrogen-bond acceptors (Lipinski definition) is 4. The number of nitrogens with one attached hydrogen (secondary N) is 2. The molecule has 4 N–H and O–H groups in total. The first-order valence-electron chi connectivity index (χ1n) is 7.93. The van der Waals surface area contributed by atoms with E-state index < -0.39 is 8.38 Å². The van der Waals surface area contributed by atoms with Gasteiger partial charge in [-0.2, -0.15) is 0 Å². The summed E-state index contributed by atoms with van der Waals surface area (Å²) in [5.74, 6) is 0.332. The average Bonchev–Trinajstić information content (AvgIpc) is 2.61. The van der Waals surface area contributed by atoms with Gasteiger partial charge in [-0.05, 0) is 48.1 Å². The Bertz CT molecular complexity index is 696. The van der Waals surface area contributed by atoms with Crippen molar-refractivity contribution in [2.24, 2.45) is 0 Å². The highest BCUT2D eigenvalue weighted by Crippen LogP contribution is 2.21. The summed E-state index contributed by atoms with van der Waals surface area (Å²) in [4.78, 5) is 31.5. The van der Waals surface area contributed by atoms with Gasteiger partial charge in [-0.1, -0.05) is 32.9 Å². The van der Waals surface area contributed by atoms with E-state index >= 15 is 0 Å². The lowest BCUT2D eigenvalue weighted by molar-refractivity contribution is 0.497. The van der Waals surface area contributed by atoms with Crippen LogP contribution in [0.25, 0.3) is 0 Å². The van der Waals surface area contributed by atoms with Crippen LogP contribution in [-0.2, 0) is 6.42 Å². The third-order valence-electron chi connectivity index (χ3n) is 3.90. The van der Waals surface area contributed by atoms with E-state index in [2.05, 4.69) is 25.8 Å². The summed E-state index contributed by atoms with van der Waals surface area (Å²) in [7, 11) is -1.91. The Kier molecular flexibility index (Phi) is 8.55. The number of aryl methyl sites for hydroxylation is 1. The molecule has 24 heavy (non-hydrogen) atoms. The monoisotopic (exact) mass is 348 g/mol. The van der Waals surface area contributed by atoms with Gasteiger partial charge in [-0.3, -0.25) is 4.79 Å². The van der Waals surface area contributed by atoms with Crippen molar-refractivity contribution in [1.82, 2.24) is 4.98 Å². The summed E-state index contributed by atoms with van der Waals surface area (Å²) in [5.41, 5.74) is 2.48. The van der Waals surface area contributed by atoms with Crippen LogP contribution in [0.1, 0.15) is 49.8 Å². The van der Waals surface area contributed by atoms with Crippen molar-refractivity contribution in [3.63, 3.8) is 0 Å². The molecule has 1 unspecified atom stereocenters. The maximum atomic E-state index is 11.3. The lowest BCUT2D eigenvalue weighted by Crippen LogP contribution is -2.15. The number of rotatable bonds is 5. The third kappa shape index (κ3) is 5.68. The molecule has 0 bridgehead atoms. The summed E-state index contributed by atoms with van der Waals surface area (Å²) >= 11 is 0. The van der Waals surface area contributed by atoms with Crippen molar-refractivity contribution >= 4 is 19.9 Å². The molecule has 0 amide bonds.